The van der Waals surface area contributed by atoms with Crippen LogP contribution in [0.25, 0.3) is 0 Å². The van der Waals surface area contributed by atoms with Gasteiger partial charge in [-0.25, -0.2) is 0 Å². The van der Waals surface area contributed by atoms with E-state index in [0.29, 0.717) is 10.6 Å². The van der Waals surface area contributed by atoms with E-state index >= 15 is 0 Å². The summed E-state index contributed by atoms with van der Waals surface area (Å²) in [5.74, 6) is -0.904. The Morgan fingerprint density at radius 3 is 2.71 bits per heavy atom. The van der Waals surface area contributed by atoms with Gasteiger partial charge in [-0.2, -0.15) is 5.26 Å². The molecular formula is C15H18N2O3S. The number of carbonyl (C=O) groups excluding carboxylic acids is 2. The molecule has 1 aliphatic carbocycles. The number of esters is 1. The molecule has 112 valence electrons. The Hall–Kier alpha value is -1.87. The summed E-state index contributed by atoms with van der Waals surface area (Å²) < 4.78 is 4.85. The molecule has 0 aromatic carbocycles. The molecule has 0 saturated heterocycles. The molecule has 1 heterocycles. The number of rotatable bonds is 3. The van der Waals surface area contributed by atoms with Crippen molar-refractivity contribution in [3.05, 3.63) is 16.0 Å². The van der Waals surface area contributed by atoms with Crippen LogP contribution in [0.2, 0.25) is 0 Å². The highest BCUT2D eigenvalue weighted by Crippen LogP contribution is 2.37. The summed E-state index contributed by atoms with van der Waals surface area (Å²) >= 11 is 1.47. The number of hydrogen-bond donors (Lipinski definition) is 1. The van der Waals surface area contributed by atoms with Crippen molar-refractivity contribution in [2.45, 2.75) is 52.1 Å². The van der Waals surface area contributed by atoms with Crippen molar-refractivity contribution in [3.8, 4) is 6.07 Å². The van der Waals surface area contributed by atoms with E-state index in [1.807, 2.05) is 0 Å². The van der Waals surface area contributed by atoms with Crippen LogP contribution in [-0.4, -0.2) is 18.0 Å². The van der Waals surface area contributed by atoms with E-state index in [2.05, 4.69) is 11.4 Å². The third kappa shape index (κ3) is 3.61. The second kappa shape index (κ2) is 6.72. The Labute approximate surface area is 127 Å². The molecule has 6 heteroatoms. The minimum absolute atomic E-state index is 0.405. The predicted molar refractivity (Wildman–Crippen MR) is 80.2 cm³/mol. The smallest absolute Gasteiger partial charge is 0.303 e. The number of carbonyl (C=O) groups is 2. The van der Waals surface area contributed by atoms with Crippen LogP contribution in [0.3, 0.4) is 0 Å². The number of ether oxygens (including phenoxy) is 1. The van der Waals surface area contributed by atoms with Gasteiger partial charge < -0.3 is 10.1 Å². The molecule has 0 fully saturated rings. The quantitative estimate of drug-likeness (QED) is 0.688. The monoisotopic (exact) mass is 306 g/mol. The lowest BCUT2D eigenvalue weighted by Crippen LogP contribution is -2.29. The van der Waals surface area contributed by atoms with Crippen LogP contribution in [0.4, 0.5) is 5.00 Å². The van der Waals surface area contributed by atoms with Gasteiger partial charge in [0, 0.05) is 11.8 Å². The molecule has 0 unspecified atom stereocenters. The van der Waals surface area contributed by atoms with Crippen LogP contribution in [0.1, 0.15) is 49.1 Å². The van der Waals surface area contributed by atoms with Gasteiger partial charge in [-0.1, -0.05) is 6.42 Å². The lowest BCUT2D eigenvalue weighted by atomic mass is 10.1. The Bertz CT molecular complexity index is 601. The first-order valence-electron chi connectivity index (χ1n) is 7.05. The lowest BCUT2D eigenvalue weighted by Gasteiger charge is -2.11. The van der Waals surface area contributed by atoms with Gasteiger partial charge in [0.25, 0.3) is 5.91 Å². The van der Waals surface area contributed by atoms with Gasteiger partial charge in [0.1, 0.15) is 11.1 Å². The highest BCUT2D eigenvalue weighted by Gasteiger charge is 2.23. The van der Waals surface area contributed by atoms with Crippen LogP contribution in [-0.2, 0) is 27.2 Å². The van der Waals surface area contributed by atoms with E-state index in [4.69, 9.17) is 4.74 Å². The van der Waals surface area contributed by atoms with Gasteiger partial charge in [-0.05, 0) is 38.2 Å². The van der Waals surface area contributed by atoms with E-state index in [1.165, 1.54) is 36.5 Å². The van der Waals surface area contributed by atoms with Gasteiger partial charge in [0.15, 0.2) is 6.10 Å². The molecule has 0 spiro atoms. The van der Waals surface area contributed by atoms with Crippen molar-refractivity contribution in [1.82, 2.24) is 0 Å². The highest BCUT2D eigenvalue weighted by molar-refractivity contribution is 7.16. The molecule has 2 rings (SSSR count). The SMILES string of the molecule is CC(=O)O[C@H](C)C(=O)Nc1sc2c(c1C#N)CCCCC2. The molecule has 1 N–H and O–H groups in total. The first-order valence-corrected chi connectivity index (χ1v) is 7.87. The summed E-state index contributed by atoms with van der Waals surface area (Å²) in [6.45, 7) is 2.78. The Kier molecular flexibility index (Phi) is 4.97. The van der Waals surface area contributed by atoms with Crippen LogP contribution >= 0.6 is 11.3 Å². The number of nitriles is 1. The number of nitrogens with zero attached hydrogens (tertiary/aromatic N) is 1. The molecule has 5 nitrogen and oxygen atoms in total. The van der Waals surface area contributed by atoms with Crippen molar-refractivity contribution in [2.75, 3.05) is 5.32 Å². The number of nitrogens with one attached hydrogen (secondary N) is 1. The minimum Gasteiger partial charge on any atom is -0.453 e. The number of aryl methyl sites for hydroxylation is 1. The lowest BCUT2D eigenvalue weighted by molar-refractivity contribution is -0.150. The Morgan fingerprint density at radius 1 is 1.33 bits per heavy atom. The van der Waals surface area contributed by atoms with E-state index < -0.39 is 18.0 Å². The summed E-state index contributed by atoms with van der Waals surface area (Å²) in [5.41, 5.74) is 1.65. The zero-order valence-corrected chi connectivity index (χ0v) is 13.0. The largest absolute Gasteiger partial charge is 0.453 e. The molecule has 0 aliphatic heterocycles. The number of amides is 1. The van der Waals surface area contributed by atoms with Crippen molar-refractivity contribution in [1.29, 1.82) is 5.26 Å². The number of anilines is 1. The van der Waals surface area contributed by atoms with Crippen LogP contribution in [0, 0.1) is 11.3 Å². The van der Waals surface area contributed by atoms with Crippen molar-refractivity contribution >= 4 is 28.2 Å². The van der Waals surface area contributed by atoms with E-state index in [-0.39, 0.29) is 0 Å². The average Bonchev–Trinajstić information content (AvgIpc) is 2.58. The van der Waals surface area contributed by atoms with Crippen LogP contribution in [0.5, 0.6) is 0 Å². The first-order chi connectivity index (χ1) is 10.0. The number of hydrogen-bond acceptors (Lipinski definition) is 5. The van der Waals surface area contributed by atoms with Gasteiger partial charge in [-0.3, -0.25) is 9.59 Å². The molecule has 1 aromatic rings. The highest BCUT2D eigenvalue weighted by atomic mass is 32.1. The van der Waals surface area contributed by atoms with Crippen molar-refractivity contribution < 1.29 is 14.3 Å². The summed E-state index contributed by atoms with van der Waals surface area (Å²) in [6.07, 6.45) is 4.37. The fraction of sp³-hybridized carbons (Fsp3) is 0.533. The summed E-state index contributed by atoms with van der Waals surface area (Å²) in [5, 5.41) is 12.7. The minimum atomic E-state index is -0.865. The van der Waals surface area contributed by atoms with Crippen molar-refractivity contribution in [3.63, 3.8) is 0 Å². The fourth-order valence-electron chi connectivity index (χ4n) is 2.47. The van der Waals surface area contributed by atoms with Gasteiger partial charge in [-0.15, -0.1) is 11.3 Å². The fourth-order valence-corrected chi connectivity index (χ4v) is 3.71. The molecule has 0 radical (unpaired) electrons. The maximum Gasteiger partial charge on any atom is 0.303 e. The van der Waals surface area contributed by atoms with E-state index in [9.17, 15) is 14.9 Å². The number of thiophene rings is 1. The molecule has 1 amide bonds. The molecule has 1 aliphatic rings. The molecule has 21 heavy (non-hydrogen) atoms. The standard InChI is InChI=1S/C15H18N2O3S/c1-9(20-10(2)18)14(19)17-15-12(8-16)11-6-4-3-5-7-13(11)21-15/h9H,3-7H2,1-2H3,(H,17,19)/t9-/m1/s1. The molecule has 0 saturated carbocycles. The van der Waals surface area contributed by atoms with Gasteiger partial charge in [0.2, 0.25) is 0 Å². The first kappa shape index (κ1) is 15.5. The second-order valence-electron chi connectivity index (χ2n) is 5.12. The second-order valence-corrected chi connectivity index (χ2v) is 6.23. The summed E-state index contributed by atoms with van der Waals surface area (Å²) in [6, 6.07) is 2.20. The molecule has 1 atom stereocenters. The maximum atomic E-state index is 12.0. The van der Waals surface area contributed by atoms with E-state index in [0.717, 1.165) is 31.2 Å². The normalized spacial score (nSPS) is 15.3. The van der Waals surface area contributed by atoms with Crippen molar-refractivity contribution in [2.24, 2.45) is 0 Å². The zero-order chi connectivity index (χ0) is 15.4. The zero-order valence-electron chi connectivity index (χ0n) is 12.2. The third-order valence-corrected chi connectivity index (χ3v) is 4.69. The predicted octanol–water partition coefficient (Wildman–Crippen LogP) is 2.78. The molecular weight excluding hydrogens is 288 g/mol. The topological polar surface area (TPSA) is 79.2 Å². The Balaban J connectivity index is 2.19. The number of fused-ring (bicyclic) bond motifs is 1. The van der Waals surface area contributed by atoms with Crippen LogP contribution < -0.4 is 5.32 Å². The van der Waals surface area contributed by atoms with Gasteiger partial charge in [0.05, 0.1) is 5.56 Å². The maximum absolute atomic E-state index is 12.0. The molecule has 0 bridgehead atoms. The summed E-state index contributed by atoms with van der Waals surface area (Å²) in [7, 11) is 0. The molecule has 1 aromatic heterocycles. The van der Waals surface area contributed by atoms with Gasteiger partial charge >= 0.3 is 5.97 Å². The summed E-state index contributed by atoms with van der Waals surface area (Å²) in [4.78, 5) is 24.1. The van der Waals surface area contributed by atoms with E-state index in [1.54, 1.807) is 0 Å². The average molecular weight is 306 g/mol. The van der Waals surface area contributed by atoms with Crippen LogP contribution in [0.15, 0.2) is 0 Å². The Morgan fingerprint density at radius 2 is 2.05 bits per heavy atom. The third-order valence-electron chi connectivity index (χ3n) is 3.48.